The summed E-state index contributed by atoms with van der Waals surface area (Å²) in [5.74, 6) is 0. The van der Waals surface area contributed by atoms with Crippen molar-refractivity contribution < 1.29 is 5.11 Å². The highest BCUT2D eigenvalue weighted by molar-refractivity contribution is 7.99. The number of likely N-dealkylation sites (N-methyl/N-ethyl adjacent to an activating group) is 1. The summed E-state index contributed by atoms with van der Waals surface area (Å²) >= 11 is 1.73. The maximum absolute atomic E-state index is 9.58. The predicted octanol–water partition coefficient (Wildman–Crippen LogP) is 3.10. The van der Waals surface area contributed by atoms with Crippen molar-refractivity contribution in [3.05, 3.63) is 23.8 Å². The fourth-order valence-electron chi connectivity index (χ4n) is 2.64. The van der Waals surface area contributed by atoms with Crippen LogP contribution in [0.15, 0.2) is 23.4 Å². The van der Waals surface area contributed by atoms with Gasteiger partial charge in [-0.15, -0.1) is 0 Å². The van der Waals surface area contributed by atoms with E-state index < -0.39 is 0 Å². The lowest BCUT2D eigenvalue weighted by Crippen LogP contribution is -2.47. The fourth-order valence-corrected chi connectivity index (χ4v) is 3.79. The molecule has 5 heteroatoms. The first-order valence-electron chi connectivity index (χ1n) is 7.44. The Kier molecular flexibility index (Phi) is 5.30. The minimum atomic E-state index is -0.232. The quantitative estimate of drug-likeness (QED) is 0.688. The number of nitrogens with zero attached hydrogens (tertiary/aromatic N) is 1. The van der Waals surface area contributed by atoms with E-state index in [1.54, 1.807) is 11.8 Å². The third-order valence-corrected chi connectivity index (χ3v) is 4.60. The largest absolute Gasteiger partial charge is 0.394 e. The monoisotopic (exact) mass is 307 g/mol. The summed E-state index contributed by atoms with van der Waals surface area (Å²) in [6.45, 7) is 9.39. The van der Waals surface area contributed by atoms with Crippen LogP contribution in [0.2, 0.25) is 0 Å². The van der Waals surface area contributed by atoms with E-state index in [2.05, 4.69) is 55.1 Å². The van der Waals surface area contributed by atoms with Crippen molar-refractivity contribution in [2.45, 2.75) is 50.1 Å². The second-order valence-corrected chi connectivity index (χ2v) is 7.37. The van der Waals surface area contributed by atoms with Gasteiger partial charge in [0, 0.05) is 10.8 Å². The number of thioether (sulfide) groups is 1. The Morgan fingerprint density at radius 2 is 2.24 bits per heavy atom. The lowest BCUT2D eigenvalue weighted by atomic mass is 9.97. The Hall–Kier alpha value is -1.04. The van der Waals surface area contributed by atoms with Gasteiger partial charge in [0.05, 0.1) is 17.6 Å². The molecule has 2 rings (SSSR count). The smallest absolute Gasteiger partial charge is 0.166 e. The fraction of sp³-hybridized carbons (Fsp3) is 0.562. The number of aliphatic hydroxyl groups excluding tert-OH is 1. The van der Waals surface area contributed by atoms with Crippen molar-refractivity contribution in [1.82, 2.24) is 15.3 Å². The lowest BCUT2D eigenvalue weighted by Gasteiger charge is -2.30. The summed E-state index contributed by atoms with van der Waals surface area (Å²) in [5.41, 5.74) is 3.09. The molecule has 2 unspecified atom stereocenters. The van der Waals surface area contributed by atoms with Crippen LogP contribution in [0.25, 0.3) is 11.0 Å². The molecule has 0 fully saturated rings. The van der Waals surface area contributed by atoms with E-state index in [1.807, 2.05) is 6.07 Å². The molecule has 0 bridgehead atoms. The van der Waals surface area contributed by atoms with Crippen LogP contribution in [0.3, 0.4) is 0 Å². The van der Waals surface area contributed by atoms with E-state index in [0.717, 1.165) is 29.2 Å². The van der Waals surface area contributed by atoms with Crippen molar-refractivity contribution in [1.29, 1.82) is 0 Å². The molecule has 0 aliphatic heterocycles. The summed E-state index contributed by atoms with van der Waals surface area (Å²) in [6, 6.07) is 6.24. The molecule has 0 amide bonds. The molecule has 0 aliphatic rings. The van der Waals surface area contributed by atoms with E-state index in [1.165, 1.54) is 5.56 Å². The zero-order valence-electron chi connectivity index (χ0n) is 13.2. The highest BCUT2D eigenvalue weighted by Gasteiger charge is 2.25. The molecular weight excluding hydrogens is 282 g/mol. The Morgan fingerprint density at radius 3 is 2.90 bits per heavy atom. The molecule has 2 atom stereocenters. The van der Waals surface area contributed by atoms with Crippen LogP contribution < -0.4 is 5.32 Å². The van der Waals surface area contributed by atoms with Gasteiger partial charge in [0.2, 0.25) is 0 Å². The number of aromatic amines is 1. The molecule has 0 saturated carbocycles. The Labute approximate surface area is 130 Å². The maximum atomic E-state index is 9.58. The first-order valence-corrected chi connectivity index (χ1v) is 8.32. The Morgan fingerprint density at radius 1 is 1.48 bits per heavy atom. The van der Waals surface area contributed by atoms with Crippen LogP contribution in [0.5, 0.6) is 0 Å². The van der Waals surface area contributed by atoms with Gasteiger partial charge in [0.1, 0.15) is 0 Å². The average molecular weight is 307 g/mol. The van der Waals surface area contributed by atoms with Crippen molar-refractivity contribution >= 4 is 22.8 Å². The molecule has 1 aromatic carbocycles. The number of rotatable bonds is 7. The maximum Gasteiger partial charge on any atom is 0.166 e. The van der Waals surface area contributed by atoms with Gasteiger partial charge in [-0.3, -0.25) is 0 Å². The molecule has 0 radical (unpaired) electrons. The summed E-state index contributed by atoms with van der Waals surface area (Å²) in [5, 5.41) is 14.3. The zero-order chi connectivity index (χ0) is 15.5. The molecule has 0 saturated heterocycles. The number of hydrogen-bond donors (Lipinski definition) is 3. The van der Waals surface area contributed by atoms with Gasteiger partial charge < -0.3 is 15.4 Å². The number of H-pyrrole nitrogens is 1. The van der Waals surface area contributed by atoms with Gasteiger partial charge in [0.15, 0.2) is 5.16 Å². The third kappa shape index (κ3) is 4.22. The Bertz CT molecular complexity index is 598. The van der Waals surface area contributed by atoms with Crippen LogP contribution in [0.1, 0.15) is 32.8 Å². The highest BCUT2D eigenvalue weighted by atomic mass is 32.2. The topological polar surface area (TPSA) is 60.9 Å². The summed E-state index contributed by atoms with van der Waals surface area (Å²) in [6.07, 6.45) is 0.887. The highest BCUT2D eigenvalue weighted by Crippen LogP contribution is 2.28. The van der Waals surface area contributed by atoms with Crippen molar-refractivity contribution in [2.75, 3.05) is 13.2 Å². The average Bonchev–Trinajstić information content (AvgIpc) is 2.79. The lowest BCUT2D eigenvalue weighted by molar-refractivity contribution is 0.168. The summed E-state index contributed by atoms with van der Waals surface area (Å²) in [7, 11) is 0. The normalized spacial score (nSPS) is 16.0. The molecule has 0 spiro atoms. The molecule has 116 valence electrons. The van der Waals surface area contributed by atoms with Crippen LogP contribution in [0, 0.1) is 6.92 Å². The van der Waals surface area contributed by atoms with E-state index in [0.29, 0.717) is 5.25 Å². The second kappa shape index (κ2) is 6.81. The molecule has 1 heterocycles. The van der Waals surface area contributed by atoms with Crippen LogP contribution in [-0.2, 0) is 0 Å². The third-order valence-electron chi connectivity index (χ3n) is 3.62. The number of imidazole rings is 1. The van der Waals surface area contributed by atoms with E-state index >= 15 is 0 Å². The first-order chi connectivity index (χ1) is 9.95. The van der Waals surface area contributed by atoms with Gasteiger partial charge in [0.25, 0.3) is 0 Å². The molecule has 4 nitrogen and oxygen atoms in total. The number of hydrogen-bond acceptors (Lipinski definition) is 4. The van der Waals surface area contributed by atoms with Gasteiger partial charge in [-0.05, 0) is 44.5 Å². The number of aromatic nitrogens is 2. The minimum absolute atomic E-state index is 0.144. The number of nitrogens with one attached hydrogen (secondary N) is 2. The number of benzene rings is 1. The zero-order valence-corrected chi connectivity index (χ0v) is 14.0. The summed E-state index contributed by atoms with van der Waals surface area (Å²) < 4.78 is 0. The molecule has 1 aromatic heterocycles. The molecule has 2 aromatic rings. The van der Waals surface area contributed by atoms with Gasteiger partial charge in [-0.2, -0.15) is 0 Å². The predicted molar refractivity (Wildman–Crippen MR) is 89.9 cm³/mol. The van der Waals surface area contributed by atoms with Crippen molar-refractivity contribution in [2.24, 2.45) is 0 Å². The molecule has 21 heavy (non-hydrogen) atoms. The number of aliphatic hydroxyl groups is 1. The molecule has 0 aliphatic carbocycles. The number of aryl methyl sites for hydroxylation is 1. The second-order valence-electron chi connectivity index (χ2n) is 5.94. The Balaban J connectivity index is 2.05. The van der Waals surface area contributed by atoms with Crippen molar-refractivity contribution in [3.63, 3.8) is 0 Å². The number of fused-ring (bicyclic) bond motifs is 1. The van der Waals surface area contributed by atoms with Crippen LogP contribution in [0.4, 0.5) is 0 Å². The van der Waals surface area contributed by atoms with E-state index in [-0.39, 0.29) is 12.1 Å². The van der Waals surface area contributed by atoms with Gasteiger partial charge in [-0.1, -0.05) is 31.7 Å². The van der Waals surface area contributed by atoms with Gasteiger partial charge in [-0.25, -0.2) is 4.98 Å². The van der Waals surface area contributed by atoms with Gasteiger partial charge >= 0.3 is 0 Å². The summed E-state index contributed by atoms with van der Waals surface area (Å²) in [4.78, 5) is 7.99. The van der Waals surface area contributed by atoms with Crippen LogP contribution in [-0.4, -0.2) is 39.0 Å². The van der Waals surface area contributed by atoms with Crippen molar-refractivity contribution in [3.8, 4) is 0 Å². The standard InChI is InChI=1S/C16H25N3OS/c1-5-17-16(4,10-20)9-12(3)21-15-18-13-7-6-11(2)8-14(13)19-15/h6-8,12,17,20H,5,9-10H2,1-4H3,(H,18,19). The van der Waals surface area contributed by atoms with E-state index in [4.69, 9.17) is 0 Å². The molecule has 3 N–H and O–H groups in total. The first kappa shape index (κ1) is 16.3. The van der Waals surface area contributed by atoms with E-state index in [9.17, 15) is 5.11 Å². The minimum Gasteiger partial charge on any atom is -0.394 e. The SMILES string of the molecule is CCNC(C)(CO)CC(C)Sc1nc2ccc(C)cc2[nH]1. The van der Waals surface area contributed by atoms with Crippen LogP contribution >= 0.6 is 11.8 Å². The molecular formula is C16H25N3OS.